The Labute approximate surface area is 171 Å². The van der Waals surface area contributed by atoms with Crippen molar-refractivity contribution < 1.29 is 18.3 Å². The van der Waals surface area contributed by atoms with E-state index in [-0.39, 0.29) is 28.3 Å². The fraction of sp³-hybridized carbons (Fsp3) is 0.458. The number of methoxy groups -OCH3 is 1. The van der Waals surface area contributed by atoms with Gasteiger partial charge in [0.25, 0.3) is 5.91 Å². The van der Waals surface area contributed by atoms with Gasteiger partial charge in [0.1, 0.15) is 0 Å². The van der Waals surface area contributed by atoms with E-state index in [4.69, 9.17) is 4.74 Å². The lowest BCUT2D eigenvalue weighted by Crippen LogP contribution is -2.58. The van der Waals surface area contributed by atoms with Crippen molar-refractivity contribution in [1.29, 1.82) is 0 Å². The summed E-state index contributed by atoms with van der Waals surface area (Å²) in [6.07, 6.45) is 0.702. The van der Waals surface area contributed by atoms with Crippen molar-refractivity contribution in [2.75, 3.05) is 13.7 Å². The van der Waals surface area contributed by atoms with E-state index in [0.717, 1.165) is 12.1 Å². The van der Waals surface area contributed by atoms with Gasteiger partial charge in [-0.1, -0.05) is 52.0 Å². The predicted molar refractivity (Wildman–Crippen MR) is 110 cm³/mol. The molecule has 0 heterocycles. The zero-order chi connectivity index (χ0) is 21.6. The third-order valence-corrected chi connectivity index (χ3v) is 6.98. The van der Waals surface area contributed by atoms with E-state index in [1.54, 1.807) is 4.90 Å². The Morgan fingerprint density at radius 3 is 2.28 bits per heavy atom. The number of hydrogen-bond acceptors (Lipinski definition) is 2. The maximum Gasteiger partial charge on any atom is 0.254 e. The maximum atomic E-state index is 14.2. The van der Waals surface area contributed by atoms with Gasteiger partial charge in [-0.05, 0) is 47.4 Å². The Morgan fingerprint density at radius 1 is 1.14 bits per heavy atom. The van der Waals surface area contributed by atoms with E-state index in [0.29, 0.717) is 13.0 Å². The largest absolute Gasteiger partial charge is 0.491 e. The van der Waals surface area contributed by atoms with Crippen LogP contribution in [0.1, 0.15) is 56.1 Å². The van der Waals surface area contributed by atoms with Gasteiger partial charge in [-0.3, -0.25) is 4.79 Å². The summed E-state index contributed by atoms with van der Waals surface area (Å²) in [5, 5.41) is 0. The summed E-state index contributed by atoms with van der Waals surface area (Å²) in [6.45, 7) is 11.1. The smallest absolute Gasteiger partial charge is 0.254 e. The summed E-state index contributed by atoms with van der Waals surface area (Å²) in [6, 6.07) is 10.3. The molecule has 0 saturated heterocycles. The van der Waals surface area contributed by atoms with Crippen LogP contribution in [0.25, 0.3) is 0 Å². The van der Waals surface area contributed by atoms with Crippen molar-refractivity contribution in [2.24, 2.45) is 5.41 Å². The van der Waals surface area contributed by atoms with Crippen molar-refractivity contribution in [3.63, 3.8) is 0 Å². The van der Waals surface area contributed by atoms with E-state index in [1.165, 1.54) is 18.2 Å². The molecule has 0 aromatic heterocycles. The first-order valence-corrected chi connectivity index (χ1v) is 9.98. The number of fused-ring (bicyclic) bond motifs is 1. The number of rotatable bonds is 4. The van der Waals surface area contributed by atoms with Gasteiger partial charge in [0.05, 0.1) is 7.11 Å². The maximum absolute atomic E-state index is 14.2. The summed E-state index contributed by atoms with van der Waals surface area (Å²) < 4.78 is 33.2. The molecule has 0 spiro atoms. The molecule has 1 amide bonds. The minimum atomic E-state index is -0.875. The summed E-state index contributed by atoms with van der Waals surface area (Å²) >= 11 is 0. The van der Waals surface area contributed by atoms with E-state index in [2.05, 4.69) is 39.8 Å². The topological polar surface area (TPSA) is 29.5 Å². The van der Waals surface area contributed by atoms with Crippen LogP contribution in [0.5, 0.6) is 5.75 Å². The molecule has 0 saturated carbocycles. The number of nitrogens with zero attached hydrogens (tertiary/aromatic N) is 1. The van der Waals surface area contributed by atoms with Crippen LogP contribution in [0.2, 0.25) is 0 Å². The first kappa shape index (κ1) is 21.3. The lowest BCUT2D eigenvalue weighted by Gasteiger charge is -2.55. The Bertz CT molecular complexity index is 913. The van der Waals surface area contributed by atoms with Gasteiger partial charge in [0.15, 0.2) is 17.4 Å². The second-order valence-electron chi connectivity index (χ2n) is 8.79. The number of amides is 1. The zero-order valence-electron chi connectivity index (χ0n) is 18.0. The van der Waals surface area contributed by atoms with Gasteiger partial charge in [-0.2, -0.15) is 0 Å². The molecule has 5 heteroatoms. The first-order chi connectivity index (χ1) is 13.6. The van der Waals surface area contributed by atoms with E-state index >= 15 is 0 Å². The highest BCUT2D eigenvalue weighted by atomic mass is 19.1. The molecule has 0 fully saturated rings. The molecular formula is C24H29F2NO2. The molecular weight excluding hydrogens is 372 g/mol. The number of benzene rings is 2. The average molecular weight is 401 g/mol. The van der Waals surface area contributed by atoms with Gasteiger partial charge in [0, 0.05) is 18.2 Å². The van der Waals surface area contributed by atoms with Crippen molar-refractivity contribution in [2.45, 2.75) is 52.5 Å². The zero-order valence-corrected chi connectivity index (χ0v) is 18.0. The average Bonchev–Trinajstić information content (AvgIpc) is 2.66. The predicted octanol–water partition coefficient (Wildman–Crippen LogP) is 5.36. The van der Waals surface area contributed by atoms with Crippen molar-refractivity contribution >= 4 is 5.91 Å². The van der Waals surface area contributed by atoms with Gasteiger partial charge < -0.3 is 9.64 Å². The van der Waals surface area contributed by atoms with Crippen LogP contribution >= 0.6 is 0 Å². The number of carbonyl (C=O) groups excluding carboxylic acids is 1. The highest BCUT2D eigenvalue weighted by Gasteiger charge is 2.51. The minimum absolute atomic E-state index is 0.00452. The summed E-state index contributed by atoms with van der Waals surface area (Å²) in [5.74, 6) is -2.60. The molecule has 1 aliphatic rings. The quantitative estimate of drug-likeness (QED) is 0.690. The molecule has 156 valence electrons. The van der Waals surface area contributed by atoms with E-state index < -0.39 is 17.4 Å². The number of carbonyl (C=O) groups is 1. The van der Waals surface area contributed by atoms with Crippen LogP contribution in [0.4, 0.5) is 8.78 Å². The standard InChI is InChI=1S/C24H29F2NO2/c1-7-27(22(28)16-12-18(25)21(29-6)19(26)13-16)20-14-15-10-8-9-11-17(15)23(2,3)24(20,4)5/h8-13,20H,7,14H2,1-6H3/t20-/m1/s1. The molecule has 1 atom stereocenters. The number of halogens is 2. The highest BCUT2D eigenvalue weighted by molar-refractivity contribution is 5.94. The van der Waals surface area contributed by atoms with Crippen LogP contribution in [0.15, 0.2) is 36.4 Å². The Morgan fingerprint density at radius 2 is 1.72 bits per heavy atom. The second-order valence-corrected chi connectivity index (χ2v) is 8.79. The highest BCUT2D eigenvalue weighted by Crippen LogP contribution is 2.51. The molecule has 29 heavy (non-hydrogen) atoms. The van der Waals surface area contributed by atoms with Gasteiger partial charge >= 0.3 is 0 Å². The van der Waals surface area contributed by atoms with E-state index in [9.17, 15) is 13.6 Å². The Hall–Kier alpha value is -2.43. The molecule has 2 aromatic rings. The van der Waals surface area contributed by atoms with Crippen LogP contribution in [0.3, 0.4) is 0 Å². The van der Waals surface area contributed by atoms with E-state index in [1.807, 2.05) is 19.1 Å². The van der Waals surface area contributed by atoms with Crippen LogP contribution in [0, 0.1) is 17.0 Å². The van der Waals surface area contributed by atoms with Crippen molar-refractivity contribution in [1.82, 2.24) is 4.90 Å². The summed E-state index contributed by atoms with van der Waals surface area (Å²) in [4.78, 5) is 15.1. The molecule has 0 aliphatic heterocycles. The van der Waals surface area contributed by atoms with Crippen LogP contribution < -0.4 is 4.74 Å². The van der Waals surface area contributed by atoms with Gasteiger partial charge in [0.2, 0.25) is 0 Å². The number of hydrogen-bond donors (Lipinski definition) is 0. The molecule has 0 bridgehead atoms. The van der Waals surface area contributed by atoms with Gasteiger partial charge in [-0.15, -0.1) is 0 Å². The monoisotopic (exact) mass is 401 g/mol. The second kappa shape index (κ2) is 7.43. The lowest BCUT2D eigenvalue weighted by atomic mass is 9.55. The third-order valence-electron chi connectivity index (χ3n) is 6.98. The minimum Gasteiger partial charge on any atom is -0.491 e. The van der Waals surface area contributed by atoms with Crippen molar-refractivity contribution in [3.8, 4) is 5.75 Å². The van der Waals surface area contributed by atoms with Crippen LogP contribution in [-0.2, 0) is 11.8 Å². The molecule has 1 aliphatic carbocycles. The molecule has 0 N–H and O–H groups in total. The van der Waals surface area contributed by atoms with Crippen LogP contribution in [-0.4, -0.2) is 30.5 Å². The fourth-order valence-electron chi connectivity index (χ4n) is 4.58. The normalized spacial score (nSPS) is 19.4. The van der Waals surface area contributed by atoms with Crippen molar-refractivity contribution in [3.05, 3.63) is 64.7 Å². The summed E-state index contributed by atoms with van der Waals surface area (Å²) in [7, 11) is 1.20. The molecule has 3 nitrogen and oxygen atoms in total. The SMILES string of the molecule is CCN(C(=O)c1cc(F)c(OC)c(F)c1)[C@@H]1Cc2ccccc2C(C)(C)C1(C)C. The van der Waals surface area contributed by atoms with Gasteiger partial charge in [-0.25, -0.2) is 8.78 Å². The Kier molecular flexibility index (Phi) is 5.46. The fourth-order valence-corrected chi connectivity index (χ4v) is 4.58. The number of likely N-dealkylation sites (N-methyl/N-ethyl adjacent to an activating group) is 1. The first-order valence-electron chi connectivity index (χ1n) is 9.98. The molecule has 0 radical (unpaired) electrons. The third kappa shape index (κ3) is 3.30. The molecule has 0 unspecified atom stereocenters. The lowest BCUT2D eigenvalue weighted by molar-refractivity contribution is 0.0214. The number of ether oxygens (including phenoxy) is 1. The molecule has 3 rings (SSSR count). The summed E-state index contributed by atoms with van der Waals surface area (Å²) in [5.41, 5.74) is 2.05. The Balaban J connectivity index is 2.05. The molecule has 2 aromatic carbocycles.